The molecule has 0 aliphatic heterocycles. The van der Waals surface area contributed by atoms with Crippen molar-refractivity contribution in [2.24, 2.45) is 0 Å². The predicted molar refractivity (Wildman–Crippen MR) is 46.4 cm³/mol. The zero-order chi connectivity index (χ0) is 9.84. The van der Waals surface area contributed by atoms with Crippen molar-refractivity contribution in [3.05, 3.63) is 35.1 Å². The van der Waals surface area contributed by atoms with E-state index in [9.17, 15) is 14.0 Å². The van der Waals surface area contributed by atoms with Gasteiger partial charge in [0, 0.05) is 12.0 Å². The van der Waals surface area contributed by atoms with Crippen molar-refractivity contribution in [1.29, 1.82) is 0 Å². The van der Waals surface area contributed by atoms with Crippen molar-refractivity contribution in [2.75, 3.05) is 0 Å². The van der Waals surface area contributed by atoms with Gasteiger partial charge in [0.25, 0.3) is 0 Å². The van der Waals surface area contributed by atoms with Gasteiger partial charge in [-0.05, 0) is 6.07 Å². The van der Waals surface area contributed by atoms with Crippen LogP contribution in [-0.2, 0) is 0 Å². The molecule has 1 aromatic rings. The lowest BCUT2D eigenvalue weighted by Gasteiger charge is -2.02. The van der Waals surface area contributed by atoms with Crippen molar-refractivity contribution in [3.63, 3.8) is 0 Å². The number of ketones is 1. The summed E-state index contributed by atoms with van der Waals surface area (Å²) in [5.74, 6) is -0.975. The molecule has 13 heavy (non-hydrogen) atoms. The van der Waals surface area contributed by atoms with Gasteiger partial charge in [-0.1, -0.05) is 19.1 Å². The maximum Gasteiger partial charge on any atom is 0.166 e. The molecule has 0 aliphatic rings. The lowest BCUT2D eigenvalue weighted by molar-refractivity contribution is 0.0977. The quantitative estimate of drug-likeness (QED) is 0.528. The number of Topliss-reactive ketones (excluding diaryl/α,β-unsaturated/α-hetero) is 1. The molecule has 0 atom stereocenters. The van der Waals surface area contributed by atoms with E-state index >= 15 is 0 Å². The second kappa shape index (κ2) is 3.94. The van der Waals surface area contributed by atoms with Gasteiger partial charge in [0.2, 0.25) is 0 Å². The molecule has 0 aromatic heterocycles. The molecule has 0 saturated heterocycles. The number of carbonyl (C=O) groups excluding carboxylic acids is 2. The molecule has 1 aromatic carbocycles. The van der Waals surface area contributed by atoms with Gasteiger partial charge in [-0.15, -0.1) is 0 Å². The molecule has 1 rings (SSSR count). The van der Waals surface area contributed by atoms with Gasteiger partial charge >= 0.3 is 0 Å². The summed E-state index contributed by atoms with van der Waals surface area (Å²) in [5, 5.41) is 0. The van der Waals surface area contributed by atoms with E-state index in [4.69, 9.17) is 0 Å². The average molecular weight is 180 g/mol. The van der Waals surface area contributed by atoms with Gasteiger partial charge in [0.1, 0.15) is 5.82 Å². The summed E-state index contributed by atoms with van der Waals surface area (Å²) in [5.41, 5.74) is 0.0202. The van der Waals surface area contributed by atoms with Gasteiger partial charge in [0.15, 0.2) is 12.1 Å². The van der Waals surface area contributed by atoms with E-state index in [1.54, 1.807) is 6.92 Å². The standard InChI is InChI=1S/C10H9FO2/c1-2-9(13)10-7(6-12)4-3-5-8(10)11/h3-6H,2H2,1H3. The van der Waals surface area contributed by atoms with Crippen molar-refractivity contribution in [3.8, 4) is 0 Å². The van der Waals surface area contributed by atoms with E-state index in [-0.39, 0.29) is 23.3 Å². The summed E-state index contributed by atoms with van der Waals surface area (Å²) in [4.78, 5) is 21.7. The van der Waals surface area contributed by atoms with Gasteiger partial charge < -0.3 is 0 Å². The minimum Gasteiger partial charge on any atom is -0.298 e. The molecule has 0 fully saturated rings. The highest BCUT2D eigenvalue weighted by atomic mass is 19.1. The van der Waals surface area contributed by atoms with E-state index in [2.05, 4.69) is 0 Å². The number of rotatable bonds is 3. The maximum atomic E-state index is 13.1. The van der Waals surface area contributed by atoms with E-state index in [0.29, 0.717) is 6.29 Å². The first-order valence-electron chi connectivity index (χ1n) is 3.97. The first-order valence-corrected chi connectivity index (χ1v) is 3.97. The predicted octanol–water partition coefficient (Wildman–Crippen LogP) is 2.23. The van der Waals surface area contributed by atoms with E-state index < -0.39 is 5.82 Å². The van der Waals surface area contributed by atoms with Gasteiger partial charge in [-0.2, -0.15) is 0 Å². The Kier molecular flexibility index (Phi) is 2.90. The Morgan fingerprint density at radius 3 is 2.77 bits per heavy atom. The average Bonchev–Trinajstić information content (AvgIpc) is 2.16. The lowest BCUT2D eigenvalue weighted by Crippen LogP contribution is -2.05. The Morgan fingerprint density at radius 2 is 2.23 bits per heavy atom. The Bertz CT molecular complexity index is 345. The van der Waals surface area contributed by atoms with E-state index in [0.717, 1.165) is 0 Å². The Morgan fingerprint density at radius 1 is 1.54 bits per heavy atom. The number of hydrogen-bond acceptors (Lipinski definition) is 2. The highest BCUT2D eigenvalue weighted by molar-refractivity contribution is 6.02. The maximum absolute atomic E-state index is 13.1. The summed E-state index contributed by atoms with van der Waals surface area (Å²) in [7, 11) is 0. The monoisotopic (exact) mass is 180 g/mol. The van der Waals surface area contributed by atoms with Gasteiger partial charge in [-0.25, -0.2) is 4.39 Å². The molecule has 0 bridgehead atoms. The van der Waals surface area contributed by atoms with Crippen molar-refractivity contribution in [2.45, 2.75) is 13.3 Å². The number of carbonyl (C=O) groups is 2. The van der Waals surface area contributed by atoms with Crippen LogP contribution in [-0.4, -0.2) is 12.1 Å². The molecule has 68 valence electrons. The Balaban J connectivity index is 3.30. The normalized spacial score (nSPS) is 9.69. The van der Waals surface area contributed by atoms with Crippen LogP contribution < -0.4 is 0 Å². The first-order chi connectivity index (χ1) is 6.20. The van der Waals surface area contributed by atoms with Gasteiger partial charge in [0.05, 0.1) is 5.56 Å². The molecule has 3 heteroatoms. The largest absolute Gasteiger partial charge is 0.298 e. The summed E-state index contributed by atoms with van der Waals surface area (Å²) >= 11 is 0. The van der Waals surface area contributed by atoms with Crippen LogP contribution in [0.5, 0.6) is 0 Å². The minimum absolute atomic E-state index is 0.0972. The van der Waals surface area contributed by atoms with Crippen LogP contribution in [0.25, 0.3) is 0 Å². The molecule has 0 spiro atoms. The molecular formula is C10H9FO2. The Hall–Kier alpha value is -1.51. The number of benzene rings is 1. The molecule has 0 saturated carbocycles. The van der Waals surface area contributed by atoms with Crippen LogP contribution >= 0.6 is 0 Å². The molecular weight excluding hydrogens is 171 g/mol. The minimum atomic E-state index is -0.628. The number of aldehydes is 1. The summed E-state index contributed by atoms with van der Waals surface area (Å²) < 4.78 is 13.1. The molecule has 0 unspecified atom stereocenters. The molecule has 0 N–H and O–H groups in total. The number of halogens is 1. The van der Waals surface area contributed by atoms with Crippen LogP contribution in [0.15, 0.2) is 18.2 Å². The Labute approximate surface area is 75.4 Å². The smallest absolute Gasteiger partial charge is 0.166 e. The lowest BCUT2D eigenvalue weighted by atomic mass is 10.0. The fraction of sp³-hybridized carbons (Fsp3) is 0.200. The van der Waals surface area contributed by atoms with Crippen LogP contribution in [0.1, 0.15) is 34.1 Å². The topological polar surface area (TPSA) is 34.1 Å². The fourth-order valence-corrected chi connectivity index (χ4v) is 1.11. The molecule has 0 heterocycles. The highest BCUT2D eigenvalue weighted by Crippen LogP contribution is 2.13. The van der Waals surface area contributed by atoms with Gasteiger partial charge in [-0.3, -0.25) is 9.59 Å². The summed E-state index contributed by atoms with van der Waals surface area (Å²) in [6.07, 6.45) is 0.688. The highest BCUT2D eigenvalue weighted by Gasteiger charge is 2.13. The van der Waals surface area contributed by atoms with Crippen LogP contribution in [0, 0.1) is 5.82 Å². The first kappa shape index (κ1) is 9.58. The third-order valence-corrected chi connectivity index (χ3v) is 1.77. The third-order valence-electron chi connectivity index (χ3n) is 1.77. The van der Waals surface area contributed by atoms with Crippen molar-refractivity contribution >= 4 is 12.1 Å². The zero-order valence-corrected chi connectivity index (χ0v) is 7.21. The van der Waals surface area contributed by atoms with Crippen molar-refractivity contribution < 1.29 is 14.0 Å². The summed E-state index contributed by atoms with van der Waals surface area (Å²) in [6.45, 7) is 1.63. The SMILES string of the molecule is CCC(=O)c1c(F)cccc1C=O. The molecule has 0 radical (unpaired) electrons. The molecule has 0 amide bonds. The molecule has 0 aliphatic carbocycles. The van der Waals surface area contributed by atoms with Crippen molar-refractivity contribution in [1.82, 2.24) is 0 Å². The van der Waals surface area contributed by atoms with Crippen LogP contribution in [0.3, 0.4) is 0 Å². The van der Waals surface area contributed by atoms with E-state index in [1.807, 2.05) is 0 Å². The zero-order valence-electron chi connectivity index (χ0n) is 7.21. The summed E-state index contributed by atoms with van der Waals surface area (Å²) in [6, 6.07) is 4.01. The third kappa shape index (κ3) is 1.80. The molecule has 2 nitrogen and oxygen atoms in total. The fourth-order valence-electron chi connectivity index (χ4n) is 1.11. The van der Waals surface area contributed by atoms with E-state index in [1.165, 1.54) is 18.2 Å². The second-order valence-corrected chi connectivity index (χ2v) is 2.60. The van der Waals surface area contributed by atoms with Crippen LogP contribution in [0.2, 0.25) is 0 Å². The number of hydrogen-bond donors (Lipinski definition) is 0. The second-order valence-electron chi connectivity index (χ2n) is 2.60. The van der Waals surface area contributed by atoms with Crippen LogP contribution in [0.4, 0.5) is 4.39 Å².